The number of nitrogens with zero attached hydrogens (tertiary/aromatic N) is 1. The van der Waals surface area contributed by atoms with E-state index in [9.17, 15) is 0 Å². The van der Waals surface area contributed by atoms with E-state index in [0.717, 1.165) is 18.4 Å². The zero-order valence-electron chi connectivity index (χ0n) is 16.1. The first-order valence-electron chi connectivity index (χ1n) is 9.58. The molecule has 3 rings (SSSR count). The van der Waals surface area contributed by atoms with E-state index in [2.05, 4.69) is 63.6 Å². The van der Waals surface area contributed by atoms with Gasteiger partial charge in [-0.25, -0.2) is 0 Å². The van der Waals surface area contributed by atoms with Gasteiger partial charge in [-0.15, -0.1) is 0 Å². The van der Waals surface area contributed by atoms with E-state index in [0.29, 0.717) is 11.3 Å². The van der Waals surface area contributed by atoms with E-state index in [-0.39, 0.29) is 0 Å². The van der Waals surface area contributed by atoms with Crippen LogP contribution in [0.4, 0.5) is 0 Å². The fourth-order valence-electron chi connectivity index (χ4n) is 4.95. The highest BCUT2D eigenvalue weighted by atomic mass is 14.9. The quantitative estimate of drug-likeness (QED) is 0.806. The first-order valence-corrected chi connectivity index (χ1v) is 9.58. The van der Waals surface area contributed by atoms with Crippen molar-refractivity contribution in [3.8, 4) is 0 Å². The van der Waals surface area contributed by atoms with Crippen LogP contribution in [0.2, 0.25) is 0 Å². The van der Waals surface area contributed by atoms with Gasteiger partial charge in [0.2, 0.25) is 0 Å². The average molecular weight is 327 g/mol. The van der Waals surface area contributed by atoms with Gasteiger partial charge >= 0.3 is 0 Å². The number of aryl methyl sites for hydroxylation is 1. The van der Waals surface area contributed by atoms with Crippen LogP contribution >= 0.6 is 0 Å². The molecule has 1 aromatic heterocycles. The van der Waals surface area contributed by atoms with Gasteiger partial charge in [-0.1, -0.05) is 39.0 Å². The standard InChI is InChI=1S/C22H34N2/c1-15-21(18-8-6-7-9-20(18)24(15)5)19(14-23)16-10-12-17(13-11-16)22(2,3)4/h6-9,16-17,19H,10-14,23H2,1-5H3. The van der Waals surface area contributed by atoms with Crippen LogP contribution in [0.5, 0.6) is 0 Å². The summed E-state index contributed by atoms with van der Waals surface area (Å²) in [6.45, 7) is 10.2. The zero-order valence-corrected chi connectivity index (χ0v) is 16.1. The number of nitrogens with two attached hydrogens (primary N) is 1. The van der Waals surface area contributed by atoms with E-state index in [1.165, 1.54) is 47.8 Å². The number of hydrogen-bond donors (Lipinski definition) is 1. The van der Waals surface area contributed by atoms with Crippen molar-refractivity contribution in [2.75, 3.05) is 6.54 Å². The molecule has 0 saturated heterocycles. The average Bonchev–Trinajstić information content (AvgIpc) is 2.81. The van der Waals surface area contributed by atoms with Crippen LogP contribution in [0.15, 0.2) is 24.3 Å². The molecule has 1 aliphatic rings. The Bertz CT molecular complexity index is 697. The van der Waals surface area contributed by atoms with E-state index < -0.39 is 0 Å². The summed E-state index contributed by atoms with van der Waals surface area (Å²) in [4.78, 5) is 0. The minimum absolute atomic E-state index is 0.443. The molecule has 1 fully saturated rings. The summed E-state index contributed by atoms with van der Waals surface area (Å²) < 4.78 is 2.34. The molecule has 0 bridgehead atoms. The topological polar surface area (TPSA) is 30.9 Å². The van der Waals surface area contributed by atoms with E-state index >= 15 is 0 Å². The fraction of sp³-hybridized carbons (Fsp3) is 0.636. The van der Waals surface area contributed by atoms with Gasteiger partial charge in [0.1, 0.15) is 0 Å². The van der Waals surface area contributed by atoms with Gasteiger partial charge in [0.05, 0.1) is 0 Å². The van der Waals surface area contributed by atoms with Gasteiger partial charge in [0.25, 0.3) is 0 Å². The highest BCUT2D eigenvalue weighted by Crippen LogP contribution is 2.45. The molecule has 1 atom stereocenters. The largest absolute Gasteiger partial charge is 0.348 e. The predicted octanol–water partition coefficient (Wildman–Crippen LogP) is 5.38. The van der Waals surface area contributed by atoms with Crippen LogP contribution in [0.3, 0.4) is 0 Å². The molecule has 1 saturated carbocycles. The third-order valence-corrected chi connectivity index (χ3v) is 6.64. The Labute approximate surface area is 147 Å². The maximum atomic E-state index is 6.32. The third-order valence-electron chi connectivity index (χ3n) is 6.64. The van der Waals surface area contributed by atoms with E-state index in [1.807, 2.05) is 0 Å². The van der Waals surface area contributed by atoms with Crippen molar-refractivity contribution in [2.24, 2.45) is 30.0 Å². The minimum Gasteiger partial charge on any atom is -0.348 e. The minimum atomic E-state index is 0.443. The molecule has 2 aromatic rings. The lowest BCUT2D eigenvalue weighted by Crippen LogP contribution is -2.30. The maximum Gasteiger partial charge on any atom is 0.0482 e. The molecule has 1 aliphatic carbocycles. The second-order valence-electron chi connectivity index (χ2n) is 8.90. The number of rotatable bonds is 3. The van der Waals surface area contributed by atoms with E-state index in [4.69, 9.17) is 5.73 Å². The van der Waals surface area contributed by atoms with Crippen molar-refractivity contribution in [3.05, 3.63) is 35.5 Å². The molecule has 2 N–H and O–H groups in total. The van der Waals surface area contributed by atoms with Crippen LogP contribution in [-0.4, -0.2) is 11.1 Å². The van der Waals surface area contributed by atoms with Gasteiger partial charge in [0.15, 0.2) is 0 Å². The summed E-state index contributed by atoms with van der Waals surface area (Å²) in [5.41, 5.74) is 11.0. The summed E-state index contributed by atoms with van der Waals surface area (Å²) >= 11 is 0. The van der Waals surface area contributed by atoms with Gasteiger partial charge in [-0.05, 0) is 68.0 Å². The normalized spacial score (nSPS) is 23.6. The number of benzene rings is 1. The monoisotopic (exact) mass is 326 g/mol. The Morgan fingerprint density at radius 2 is 1.75 bits per heavy atom. The molecule has 24 heavy (non-hydrogen) atoms. The van der Waals surface area contributed by atoms with Crippen LogP contribution < -0.4 is 5.73 Å². The van der Waals surface area contributed by atoms with Crippen molar-refractivity contribution in [2.45, 2.75) is 59.3 Å². The molecule has 1 unspecified atom stereocenters. The summed E-state index contributed by atoms with van der Waals surface area (Å²) in [5.74, 6) is 2.09. The van der Waals surface area contributed by atoms with Gasteiger partial charge in [0, 0.05) is 29.6 Å². The van der Waals surface area contributed by atoms with Crippen LogP contribution in [0, 0.1) is 24.2 Å². The van der Waals surface area contributed by atoms with Crippen molar-refractivity contribution >= 4 is 10.9 Å². The van der Waals surface area contributed by atoms with Crippen molar-refractivity contribution in [1.82, 2.24) is 4.57 Å². The Hall–Kier alpha value is -1.28. The molecule has 0 aliphatic heterocycles. The second-order valence-corrected chi connectivity index (χ2v) is 8.90. The lowest BCUT2D eigenvalue weighted by Gasteiger charge is -2.39. The SMILES string of the molecule is Cc1c(C(CN)C2CCC(C(C)(C)C)CC2)c2ccccc2n1C. The van der Waals surface area contributed by atoms with E-state index in [1.54, 1.807) is 0 Å². The summed E-state index contributed by atoms with van der Waals surface area (Å²) in [6.07, 6.45) is 5.36. The highest BCUT2D eigenvalue weighted by molar-refractivity contribution is 5.86. The Kier molecular flexibility index (Phi) is 4.79. The molecule has 0 spiro atoms. The Morgan fingerprint density at radius 1 is 1.12 bits per heavy atom. The summed E-state index contributed by atoms with van der Waals surface area (Å²) in [6, 6.07) is 8.81. The molecule has 0 amide bonds. The molecule has 2 heteroatoms. The predicted molar refractivity (Wildman–Crippen MR) is 104 cm³/mol. The number of para-hydroxylation sites is 1. The Morgan fingerprint density at radius 3 is 2.33 bits per heavy atom. The van der Waals surface area contributed by atoms with Gasteiger partial charge in [-0.2, -0.15) is 0 Å². The molecule has 2 nitrogen and oxygen atoms in total. The van der Waals surface area contributed by atoms with Gasteiger partial charge in [-0.3, -0.25) is 0 Å². The number of hydrogen-bond acceptors (Lipinski definition) is 1. The van der Waals surface area contributed by atoms with Crippen LogP contribution in [0.25, 0.3) is 10.9 Å². The van der Waals surface area contributed by atoms with Crippen molar-refractivity contribution < 1.29 is 0 Å². The smallest absolute Gasteiger partial charge is 0.0482 e. The first kappa shape index (κ1) is 17.5. The fourth-order valence-corrected chi connectivity index (χ4v) is 4.95. The lowest BCUT2D eigenvalue weighted by molar-refractivity contribution is 0.140. The highest BCUT2D eigenvalue weighted by Gasteiger charge is 2.34. The molecule has 132 valence electrons. The van der Waals surface area contributed by atoms with Crippen LogP contribution in [0.1, 0.15) is 63.6 Å². The second kappa shape index (κ2) is 6.55. The summed E-state index contributed by atoms with van der Waals surface area (Å²) in [7, 11) is 2.19. The number of aromatic nitrogens is 1. The molecule has 1 aromatic carbocycles. The number of fused-ring (bicyclic) bond motifs is 1. The molecule has 0 radical (unpaired) electrons. The summed E-state index contributed by atoms with van der Waals surface area (Å²) in [5, 5.41) is 1.41. The van der Waals surface area contributed by atoms with Crippen molar-refractivity contribution in [3.63, 3.8) is 0 Å². The maximum absolute atomic E-state index is 6.32. The van der Waals surface area contributed by atoms with Crippen molar-refractivity contribution in [1.29, 1.82) is 0 Å². The first-order chi connectivity index (χ1) is 11.3. The lowest BCUT2D eigenvalue weighted by atomic mass is 9.66. The third kappa shape index (κ3) is 3.01. The van der Waals surface area contributed by atoms with Crippen LogP contribution in [-0.2, 0) is 7.05 Å². The Balaban J connectivity index is 1.90. The molecular formula is C22H34N2. The molecule has 1 heterocycles. The molecular weight excluding hydrogens is 292 g/mol. The zero-order chi connectivity index (χ0) is 17.5. The van der Waals surface area contributed by atoms with Gasteiger partial charge < -0.3 is 10.3 Å².